The molecule has 0 aliphatic rings. The molecule has 0 fully saturated rings. The number of aryl methyl sites for hydroxylation is 1. The van der Waals surface area contributed by atoms with Gasteiger partial charge in [-0.1, -0.05) is 34.8 Å². The first-order chi connectivity index (χ1) is 10.7. The number of aromatic nitrogens is 2. The second-order valence-electron chi connectivity index (χ2n) is 4.94. The van der Waals surface area contributed by atoms with Crippen molar-refractivity contribution in [2.75, 3.05) is 11.6 Å². The molecule has 0 saturated carbocycles. The van der Waals surface area contributed by atoms with Crippen molar-refractivity contribution in [3.05, 3.63) is 42.0 Å². The highest BCUT2D eigenvalue weighted by atomic mass is 32.2. The maximum absolute atomic E-state index is 4.72. The van der Waals surface area contributed by atoms with Crippen LogP contribution in [0, 0.1) is 6.92 Å². The van der Waals surface area contributed by atoms with Crippen molar-refractivity contribution in [2.24, 2.45) is 0 Å². The molecule has 4 aromatic rings. The monoisotopic (exact) mass is 343 g/mol. The molecule has 0 amide bonds. The number of hydrogen-bond donors (Lipinski definition) is 1. The third-order valence-corrected chi connectivity index (χ3v) is 6.00. The predicted molar refractivity (Wildman–Crippen MR) is 99.0 cm³/mol. The van der Waals surface area contributed by atoms with E-state index in [0.29, 0.717) is 0 Å². The van der Waals surface area contributed by atoms with Crippen molar-refractivity contribution in [2.45, 2.75) is 11.8 Å². The highest BCUT2D eigenvalue weighted by molar-refractivity contribution is 7.98. The molecular formula is C16H13N3S3. The van der Waals surface area contributed by atoms with Gasteiger partial charge in [0, 0.05) is 4.90 Å². The van der Waals surface area contributed by atoms with Crippen LogP contribution in [0.1, 0.15) is 5.56 Å². The number of fused-ring (bicyclic) bond motifs is 2. The summed E-state index contributed by atoms with van der Waals surface area (Å²) in [6.07, 6.45) is 2.08. The smallest absolute Gasteiger partial charge is 0.190 e. The molecule has 0 atom stereocenters. The molecule has 0 aliphatic heterocycles. The van der Waals surface area contributed by atoms with Gasteiger partial charge in [-0.15, -0.1) is 11.8 Å². The maximum atomic E-state index is 4.72. The second-order valence-corrected chi connectivity index (χ2v) is 7.85. The Morgan fingerprint density at radius 2 is 1.82 bits per heavy atom. The fourth-order valence-electron chi connectivity index (χ4n) is 2.32. The number of thioether (sulfide) groups is 1. The van der Waals surface area contributed by atoms with Crippen LogP contribution in [-0.2, 0) is 0 Å². The molecule has 3 nitrogen and oxygen atoms in total. The number of thiazole rings is 2. The zero-order chi connectivity index (χ0) is 15.1. The molecule has 0 bridgehead atoms. The van der Waals surface area contributed by atoms with E-state index in [9.17, 15) is 0 Å². The van der Waals surface area contributed by atoms with E-state index >= 15 is 0 Å². The van der Waals surface area contributed by atoms with Gasteiger partial charge in [0.15, 0.2) is 10.3 Å². The Morgan fingerprint density at radius 1 is 1.00 bits per heavy atom. The van der Waals surface area contributed by atoms with Gasteiger partial charge in [-0.05, 0) is 43.0 Å². The lowest BCUT2D eigenvalue weighted by Crippen LogP contribution is -1.87. The van der Waals surface area contributed by atoms with E-state index < -0.39 is 0 Å². The Hall–Kier alpha value is -1.63. The van der Waals surface area contributed by atoms with Gasteiger partial charge in [-0.2, -0.15) is 0 Å². The van der Waals surface area contributed by atoms with Gasteiger partial charge >= 0.3 is 0 Å². The van der Waals surface area contributed by atoms with Crippen LogP contribution in [0.15, 0.2) is 41.3 Å². The zero-order valence-corrected chi connectivity index (χ0v) is 14.5. The minimum atomic E-state index is 0.894. The van der Waals surface area contributed by atoms with Crippen molar-refractivity contribution in [3.8, 4) is 0 Å². The van der Waals surface area contributed by atoms with Crippen molar-refractivity contribution in [3.63, 3.8) is 0 Å². The van der Waals surface area contributed by atoms with Gasteiger partial charge in [0.1, 0.15) is 0 Å². The molecule has 22 heavy (non-hydrogen) atoms. The third kappa shape index (κ3) is 2.47. The van der Waals surface area contributed by atoms with Crippen molar-refractivity contribution in [1.82, 2.24) is 9.97 Å². The van der Waals surface area contributed by atoms with Gasteiger partial charge in [0.25, 0.3) is 0 Å². The molecule has 2 aromatic heterocycles. The highest BCUT2D eigenvalue weighted by Crippen LogP contribution is 2.35. The lowest BCUT2D eigenvalue weighted by molar-refractivity contribution is 1.37. The largest absolute Gasteiger partial charge is 0.307 e. The molecule has 0 unspecified atom stereocenters. The number of nitrogens with one attached hydrogen (secondary N) is 1. The Morgan fingerprint density at radius 3 is 2.68 bits per heavy atom. The summed E-state index contributed by atoms with van der Waals surface area (Å²) in [5, 5.41) is 5.15. The minimum absolute atomic E-state index is 0.894. The number of rotatable bonds is 3. The lowest BCUT2D eigenvalue weighted by Gasteiger charge is -1.95. The van der Waals surface area contributed by atoms with Crippen molar-refractivity contribution < 1.29 is 0 Å². The van der Waals surface area contributed by atoms with Crippen LogP contribution in [0.2, 0.25) is 0 Å². The molecule has 2 heterocycles. The molecule has 0 spiro atoms. The van der Waals surface area contributed by atoms with Crippen LogP contribution in [0.25, 0.3) is 20.4 Å². The topological polar surface area (TPSA) is 37.8 Å². The summed E-state index contributed by atoms with van der Waals surface area (Å²) in [7, 11) is 0. The number of hydrogen-bond acceptors (Lipinski definition) is 6. The van der Waals surface area contributed by atoms with E-state index in [0.717, 1.165) is 21.3 Å². The van der Waals surface area contributed by atoms with Crippen LogP contribution >= 0.6 is 34.4 Å². The Bertz CT molecular complexity index is 971. The van der Waals surface area contributed by atoms with E-state index in [1.807, 2.05) is 0 Å². The summed E-state index contributed by atoms with van der Waals surface area (Å²) in [6, 6.07) is 12.6. The van der Waals surface area contributed by atoms with Crippen LogP contribution in [0.3, 0.4) is 0 Å². The summed E-state index contributed by atoms with van der Waals surface area (Å²) < 4.78 is 2.40. The van der Waals surface area contributed by atoms with Gasteiger partial charge in [-0.3, -0.25) is 0 Å². The Kier molecular flexibility index (Phi) is 3.52. The van der Waals surface area contributed by atoms with E-state index in [-0.39, 0.29) is 0 Å². The van der Waals surface area contributed by atoms with Crippen LogP contribution < -0.4 is 5.32 Å². The molecule has 2 aromatic carbocycles. The van der Waals surface area contributed by atoms with Crippen molar-refractivity contribution in [1.29, 1.82) is 0 Å². The second kappa shape index (κ2) is 5.53. The van der Waals surface area contributed by atoms with Gasteiger partial charge < -0.3 is 5.32 Å². The fourth-order valence-corrected chi connectivity index (χ4v) is 4.87. The van der Waals surface area contributed by atoms with E-state index in [1.54, 1.807) is 34.4 Å². The van der Waals surface area contributed by atoms with Gasteiger partial charge in [0.05, 0.1) is 20.4 Å². The molecule has 0 radical (unpaired) electrons. The van der Waals surface area contributed by atoms with Crippen LogP contribution in [0.4, 0.5) is 10.3 Å². The molecule has 4 rings (SSSR count). The van der Waals surface area contributed by atoms with E-state index in [4.69, 9.17) is 4.98 Å². The number of anilines is 2. The Balaban J connectivity index is 1.72. The molecule has 0 saturated heterocycles. The quantitative estimate of drug-likeness (QED) is 0.486. The number of para-hydroxylation sites is 1. The lowest BCUT2D eigenvalue weighted by atomic mass is 10.2. The summed E-state index contributed by atoms with van der Waals surface area (Å²) in [6.45, 7) is 2.10. The molecule has 1 N–H and O–H groups in total. The predicted octanol–water partition coefficient (Wildman–Crippen LogP) is 5.68. The van der Waals surface area contributed by atoms with E-state index in [1.165, 1.54) is 19.9 Å². The number of nitrogens with zero attached hydrogens (tertiary/aromatic N) is 2. The molecule has 110 valence electrons. The molecule has 0 aliphatic carbocycles. The van der Waals surface area contributed by atoms with Gasteiger partial charge in [0.2, 0.25) is 0 Å². The SMILES string of the molecule is CSc1cccc2sc(Nc3nc4ccc(C)cc4s3)nc12. The average molecular weight is 344 g/mol. The average Bonchev–Trinajstić information content (AvgIpc) is 3.09. The highest BCUT2D eigenvalue weighted by Gasteiger charge is 2.10. The fraction of sp³-hybridized carbons (Fsp3) is 0.125. The number of benzene rings is 2. The molecular weight excluding hydrogens is 330 g/mol. The standard InChI is InChI=1S/C16H13N3S3/c1-9-6-7-10-13(8-9)22-15(17-10)19-16-18-14-11(20-2)4-3-5-12(14)21-16/h3-8H,1-2H3,(H,17,18,19). The minimum Gasteiger partial charge on any atom is -0.307 e. The molecule has 6 heteroatoms. The summed E-state index contributed by atoms with van der Waals surface area (Å²) in [5.41, 5.74) is 3.36. The van der Waals surface area contributed by atoms with Crippen LogP contribution in [0.5, 0.6) is 0 Å². The first kappa shape index (κ1) is 14.0. The summed E-state index contributed by atoms with van der Waals surface area (Å²) >= 11 is 5.06. The van der Waals surface area contributed by atoms with Crippen molar-refractivity contribution >= 4 is 65.1 Å². The Labute approximate surface area is 140 Å². The van der Waals surface area contributed by atoms with E-state index in [2.05, 4.69) is 59.9 Å². The zero-order valence-electron chi connectivity index (χ0n) is 12.1. The summed E-state index contributed by atoms with van der Waals surface area (Å²) in [5.74, 6) is 0. The first-order valence-corrected chi connectivity index (χ1v) is 9.66. The first-order valence-electron chi connectivity index (χ1n) is 6.81. The third-order valence-electron chi connectivity index (χ3n) is 3.36. The normalized spacial score (nSPS) is 11.4. The summed E-state index contributed by atoms with van der Waals surface area (Å²) in [4.78, 5) is 10.6. The van der Waals surface area contributed by atoms with Gasteiger partial charge in [-0.25, -0.2) is 9.97 Å². The van der Waals surface area contributed by atoms with Crippen LogP contribution in [-0.4, -0.2) is 16.2 Å². The maximum Gasteiger partial charge on any atom is 0.190 e.